The molecule has 2 rings (SSSR count). The van der Waals surface area contributed by atoms with Crippen LogP contribution in [0.4, 0.5) is 0 Å². The second kappa shape index (κ2) is 7.32. The number of carbonyl (C=O) groups excluding carboxylic acids is 2. The van der Waals surface area contributed by atoms with Gasteiger partial charge in [-0.05, 0) is 37.3 Å². The summed E-state index contributed by atoms with van der Waals surface area (Å²) in [5.41, 5.74) is 5.73. The Bertz CT molecular complexity index is 908. The van der Waals surface area contributed by atoms with Crippen molar-refractivity contribution < 1.29 is 22.7 Å². The van der Waals surface area contributed by atoms with Gasteiger partial charge >= 0.3 is 0 Å². The Labute approximate surface area is 145 Å². The Morgan fingerprint density at radius 2 is 1.60 bits per heavy atom. The molecule has 9 heteroatoms. The SMILES string of the molecule is COc1ccc(S(N)(=O)=O)cc1C(=O)NNC(=O)c1ccc(C)cc1. The number of rotatable bonds is 4. The van der Waals surface area contributed by atoms with Gasteiger partial charge in [0, 0.05) is 5.56 Å². The number of hydrogen-bond donors (Lipinski definition) is 3. The molecule has 0 radical (unpaired) electrons. The molecule has 2 aromatic carbocycles. The Hall–Kier alpha value is -2.91. The number of primary sulfonamides is 1. The molecule has 8 nitrogen and oxygen atoms in total. The van der Waals surface area contributed by atoms with Crippen molar-refractivity contribution in [3.63, 3.8) is 0 Å². The van der Waals surface area contributed by atoms with Gasteiger partial charge < -0.3 is 4.74 Å². The standard InChI is InChI=1S/C16H17N3O5S/c1-10-3-5-11(6-4-10)15(20)18-19-16(21)13-9-12(25(17,22)23)7-8-14(13)24-2/h3-9H,1-2H3,(H,18,20)(H,19,21)(H2,17,22,23). The Kier molecular flexibility index (Phi) is 5.40. The number of carbonyl (C=O) groups is 2. The van der Waals surface area contributed by atoms with Crippen LogP contribution in [0.15, 0.2) is 47.4 Å². The van der Waals surface area contributed by atoms with E-state index >= 15 is 0 Å². The minimum atomic E-state index is -3.99. The van der Waals surface area contributed by atoms with E-state index in [0.717, 1.165) is 11.6 Å². The molecule has 4 N–H and O–H groups in total. The lowest BCUT2D eigenvalue weighted by molar-refractivity contribution is 0.0844. The number of hydrazine groups is 1. The molecule has 0 fully saturated rings. The zero-order chi connectivity index (χ0) is 18.6. The Morgan fingerprint density at radius 3 is 2.16 bits per heavy atom. The molecule has 0 atom stereocenters. The van der Waals surface area contributed by atoms with Crippen molar-refractivity contribution in [3.8, 4) is 5.75 Å². The van der Waals surface area contributed by atoms with Crippen molar-refractivity contribution in [1.29, 1.82) is 0 Å². The van der Waals surface area contributed by atoms with Crippen molar-refractivity contribution in [2.75, 3.05) is 7.11 Å². The van der Waals surface area contributed by atoms with Gasteiger partial charge in [-0.15, -0.1) is 0 Å². The van der Waals surface area contributed by atoms with Gasteiger partial charge in [0.05, 0.1) is 17.6 Å². The van der Waals surface area contributed by atoms with Crippen molar-refractivity contribution in [1.82, 2.24) is 10.9 Å². The molecule has 0 aliphatic heterocycles. The lowest BCUT2D eigenvalue weighted by Crippen LogP contribution is -2.41. The number of amides is 2. The molecule has 0 aromatic heterocycles. The quantitative estimate of drug-likeness (QED) is 0.690. The first-order valence-electron chi connectivity index (χ1n) is 7.10. The van der Waals surface area contributed by atoms with Crippen LogP contribution in [0.3, 0.4) is 0 Å². The van der Waals surface area contributed by atoms with Crippen LogP contribution in [0, 0.1) is 6.92 Å². The third kappa shape index (κ3) is 4.55. The van der Waals surface area contributed by atoms with E-state index in [-0.39, 0.29) is 16.2 Å². The molecule has 0 aliphatic rings. The van der Waals surface area contributed by atoms with Gasteiger partial charge in [0.1, 0.15) is 5.75 Å². The van der Waals surface area contributed by atoms with E-state index in [4.69, 9.17) is 9.88 Å². The summed E-state index contributed by atoms with van der Waals surface area (Å²) in [5, 5.41) is 5.06. The van der Waals surface area contributed by atoms with Crippen LogP contribution in [0.1, 0.15) is 26.3 Å². The predicted molar refractivity (Wildman–Crippen MR) is 90.5 cm³/mol. The topological polar surface area (TPSA) is 128 Å². The molecular weight excluding hydrogens is 346 g/mol. The lowest BCUT2D eigenvalue weighted by Gasteiger charge is -2.11. The normalized spacial score (nSPS) is 10.8. The number of ether oxygens (including phenoxy) is 1. The molecule has 2 amide bonds. The summed E-state index contributed by atoms with van der Waals surface area (Å²) in [6.45, 7) is 1.88. The van der Waals surface area contributed by atoms with E-state index < -0.39 is 21.8 Å². The maximum atomic E-state index is 12.3. The van der Waals surface area contributed by atoms with Gasteiger partial charge in [0.2, 0.25) is 10.0 Å². The average Bonchev–Trinajstić information content (AvgIpc) is 2.58. The highest BCUT2D eigenvalue weighted by atomic mass is 32.2. The molecule has 0 unspecified atom stereocenters. The van der Waals surface area contributed by atoms with Crippen molar-refractivity contribution in [2.45, 2.75) is 11.8 Å². The van der Waals surface area contributed by atoms with E-state index in [1.165, 1.54) is 19.2 Å². The number of sulfonamides is 1. The number of nitrogens with two attached hydrogens (primary N) is 1. The predicted octanol–water partition coefficient (Wildman–Crippen LogP) is 0.726. The molecule has 0 spiro atoms. The highest BCUT2D eigenvalue weighted by Gasteiger charge is 2.18. The van der Waals surface area contributed by atoms with E-state index in [1.807, 2.05) is 6.92 Å². The number of benzene rings is 2. The zero-order valence-electron chi connectivity index (χ0n) is 13.6. The van der Waals surface area contributed by atoms with Gasteiger partial charge in [-0.2, -0.15) is 0 Å². The minimum absolute atomic E-state index is 0.0850. The summed E-state index contributed by atoms with van der Waals surface area (Å²) in [6, 6.07) is 10.3. The fourth-order valence-electron chi connectivity index (χ4n) is 2.00. The number of hydrogen-bond acceptors (Lipinski definition) is 5. The van der Waals surface area contributed by atoms with Crippen LogP contribution >= 0.6 is 0 Å². The van der Waals surface area contributed by atoms with Crippen LogP contribution in [0.2, 0.25) is 0 Å². The molecule has 0 saturated carbocycles. The van der Waals surface area contributed by atoms with E-state index in [0.29, 0.717) is 5.56 Å². The first-order valence-corrected chi connectivity index (χ1v) is 8.65. The van der Waals surface area contributed by atoms with Crippen LogP contribution in [-0.4, -0.2) is 27.3 Å². The summed E-state index contributed by atoms with van der Waals surface area (Å²) >= 11 is 0. The Balaban J connectivity index is 2.17. The van der Waals surface area contributed by atoms with E-state index in [9.17, 15) is 18.0 Å². The van der Waals surface area contributed by atoms with Gasteiger partial charge in [0.25, 0.3) is 11.8 Å². The van der Waals surface area contributed by atoms with Crippen molar-refractivity contribution in [3.05, 3.63) is 59.2 Å². The smallest absolute Gasteiger partial charge is 0.273 e. The molecule has 2 aromatic rings. The fraction of sp³-hybridized carbons (Fsp3) is 0.125. The maximum Gasteiger partial charge on any atom is 0.273 e. The van der Waals surface area contributed by atoms with Crippen LogP contribution < -0.4 is 20.7 Å². The monoisotopic (exact) mass is 363 g/mol. The molecular formula is C16H17N3O5S. The molecule has 0 saturated heterocycles. The van der Waals surface area contributed by atoms with Crippen LogP contribution in [0.5, 0.6) is 5.75 Å². The first-order chi connectivity index (χ1) is 11.7. The van der Waals surface area contributed by atoms with Gasteiger partial charge in [-0.25, -0.2) is 13.6 Å². The van der Waals surface area contributed by atoms with Crippen LogP contribution in [-0.2, 0) is 10.0 Å². The largest absolute Gasteiger partial charge is 0.496 e. The lowest BCUT2D eigenvalue weighted by atomic mass is 10.1. The van der Waals surface area contributed by atoms with E-state index in [1.54, 1.807) is 24.3 Å². The van der Waals surface area contributed by atoms with Crippen LogP contribution in [0.25, 0.3) is 0 Å². The minimum Gasteiger partial charge on any atom is -0.496 e. The van der Waals surface area contributed by atoms with Crippen molar-refractivity contribution in [2.24, 2.45) is 5.14 Å². The highest BCUT2D eigenvalue weighted by Crippen LogP contribution is 2.21. The Morgan fingerprint density at radius 1 is 1.00 bits per heavy atom. The number of methoxy groups -OCH3 is 1. The average molecular weight is 363 g/mol. The summed E-state index contributed by atoms with van der Waals surface area (Å²) < 4.78 is 27.9. The third-order valence-corrected chi connectivity index (χ3v) is 4.26. The zero-order valence-corrected chi connectivity index (χ0v) is 14.4. The van der Waals surface area contributed by atoms with Gasteiger partial charge in [-0.1, -0.05) is 17.7 Å². The molecule has 132 valence electrons. The maximum absolute atomic E-state index is 12.3. The summed E-state index contributed by atoms with van der Waals surface area (Å²) in [7, 11) is -2.66. The van der Waals surface area contributed by atoms with Gasteiger partial charge in [-0.3, -0.25) is 20.4 Å². The highest BCUT2D eigenvalue weighted by molar-refractivity contribution is 7.89. The summed E-state index contributed by atoms with van der Waals surface area (Å²) in [5.74, 6) is -1.13. The molecule has 0 bridgehead atoms. The summed E-state index contributed by atoms with van der Waals surface area (Å²) in [6.07, 6.45) is 0. The third-order valence-electron chi connectivity index (χ3n) is 3.35. The molecule has 25 heavy (non-hydrogen) atoms. The first kappa shape index (κ1) is 18.4. The van der Waals surface area contributed by atoms with Gasteiger partial charge in [0.15, 0.2) is 0 Å². The second-order valence-corrected chi connectivity index (χ2v) is 6.74. The number of aryl methyl sites for hydroxylation is 1. The fourth-order valence-corrected chi connectivity index (χ4v) is 2.54. The van der Waals surface area contributed by atoms with Crippen molar-refractivity contribution >= 4 is 21.8 Å². The summed E-state index contributed by atoms with van der Waals surface area (Å²) in [4.78, 5) is 24.0. The number of nitrogens with one attached hydrogen (secondary N) is 2. The van der Waals surface area contributed by atoms with E-state index in [2.05, 4.69) is 10.9 Å². The molecule has 0 aliphatic carbocycles. The molecule has 0 heterocycles. The second-order valence-electron chi connectivity index (χ2n) is 5.18.